The molecule has 4 rings (SSSR count). The fraction of sp³-hybridized carbons (Fsp3) is 0.0909. The zero-order valence-corrected chi connectivity index (χ0v) is 15.9. The third-order valence-corrected chi connectivity index (χ3v) is 5.39. The highest BCUT2D eigenvalue weighted by Gasteiger charge is 2.12. The Morgan fingerprint density at radius 2 is 1.70 bits per heavy atom. The van der Waals surface area contributed by atoms with Crippen LogP contribution < -0.4 is 4.80 Å². The first kappa shape index (κ1) is 17.2. The molecular formula is C22H19N3OS. The predicted molar refractivity (Wildman–Crippen MR) is 112 cm³/mol. The van der Waals surface area contributed by atoms with Crippen LogP contribution in [0.4, 0.5) is 0 Å². The van der Waals surface area contributed by atoms with Crippen LogP contribution >= 0.6 is 11.3 Å². The second-order valence-electron chi connectivity index (χ2n) is 6.17. The summed E-state index contributed by atoms with van der Waals surface area (Å²) in [5.74, 6) is 0.219. The van der Waals surface area contributed by atoms with Gasteiger partial charge in [-0.1, -0.05) is 54.6 Å². The first-order valence-electron chi connectivity index (χ1n) is 8.64. The summed E-state index contributed by atoms with van der Waals surface area (Å²) >= 11 is 1.55. The fourth-order valence-electron chi connectivity index (χ4n) is 3.17. The van der Waals surface area contributed by atoms with Gasteiger partial charge in [0.25, 0.3) is 0 Å². The minimum absolute atomic E-state index is 0.219. The number of aromatic nitrogens is 1. The highest BCUT2D eigenvalue weighted by Crippen LogP contribution is 2.29. The number of thiazole rings is 1. The molecule has 1 heterocycles. The lowest BCUT2D eigenvalue weighted by Gasteiger charge is -2.09. The van der Waals surface area contributed by atoms with Gasteiger partial charge in [-0.3, -0.25) is 4.99 Å². The molecule has 0 atom stereocenters. The molecule has 1 aromatic heterocycles. The molecule has 0 fully saturated rings. The Hall–Kier alpha value is -3.18. The van der Waals surface area contributed by atoms with Crippen molar-refractivity contribution in [2.45, 2.75) is 6.92 Å². The Morgan fingerprint density at radius 1 is 0.963 bits per heavy atom. The van der Waals surface area contributed by atoms with Crippen molar-refractivity contribution in [3.63, 3.8) is 0 Å². The molecule has 0 spiro atoms. The smallest absolute Gasteiger partial charge is 0.205 e. The van der Waals surface area contributed by atoms with Crippen molar-refractivity contribution in [3.8, 4) is 17.0 Å². The highest BCUT2D eigenvalue weighted by molar-refractivity contribution is 7.07. The van der Waals surface area contributed by atoms with Crippen LogP contribution in [0, 0.1) is 0 Å². The Kier molecular flexibility index (Phi) is 4.60. The summed E-state index contributed by atoms with van der Waals surface area (Å²) in [6.45, 7) is 1.89. The topological polar surface area (TPSA) is 49.9 Å². The van der Waals surface area contributed by atoms with Crippen LogP contribution in [-0.4, -0.2) is 22.5 Å². The average Bonchev–Trinajstić information content (AvgIpc) is 3.10. The van der Waals surface area contributed by atoms with Gasteiger partial charge in [-0.05, 0) is 29.8 Å². The summed E-state index contributed by atoms with van der Waals surface area (Å²) in [7, 11) is 1.76. The molecule has 4 nitrogen and oxygen atoms in total. The molecule has 0 bridgehead atoms. The molecular weight excluding hydrogens is 354 g/mol. The molecule has 4 aromatic rings. The lowest BCUT2D eigenvalue weighted by Crippen LogP contribution is -2.14. The zero-order valence-electron chi connectivity index (χ0n) is 15.1. The third kappa shape index (κ3) is 3.17. The molecule has 27 heavy (non-hydrogen) atoms. The number of hydrogen-bond donors (Lipinski definition) is 1. The zero-order chi connectivity index (χ0) is 18.8. The van der Waals surface area contributed by atoms with Gasteiger partial charge in [0.05, 0.1) is 11.4 Å². The number of hydrogen-bond acceptors (Lipinski definition) is 4. The molecule has 0 amide bonds. The SMILES string of the molecule is CN=c1scc(-c2cccc3ccccc23)n1N=C(C)c1ccccc1O. The maximum Gasteiger partial charge on any atom is 0.205 e. The number of rotatable bonds is 3. The number of nitrogens with zero attached hydrogens (tertiary/aromatic N) is 3. The molecule has 0 unspecified atom stereocenters. The second kappa shape index (κ2) is 7.21. The molecule has 0 radical (unpaired) electrons. The van der Waals surface area contributed by atoms with E-state index in [0.717, 1.165) is 21.8 Å². The highest BCUT2D eigenvalue weighted by atomic mass is 32.1. The maximum absolute atomic E-state index is 10.2. The van der Waals surface area contributed by atoms with E-state index in [2.05, 4.69) is 40.7 Å². The Morgan fingerprint density at radius 3 is 2.52 bits per heavy atom. The molecule has 134 valence electrons. The van der Waals surface area contributed by atoms with E-state index < -0.39 is 0 Å². The van der Waals surface area contributed by atoms with Crippen LogP contribution in [0.1, 0.15) is 12.5 Å². The summed E-state index contributed by atoms with van der Waals surface area (Å²) < 4.78 is 1.86. The molecule has 3 aromatic carbocycles. The Balaban J connectivity index is 1.94. The predicted octanol–water partition coefficient (Wildman–Crippen LogP) is 4.88. The van der Waals surface area contributed by atoms with Crippen molar-refractivity contribution in [1.82, 2.24) is 4.68 Å². The van der Waals surface area contributed by atoms with Gasteiger partial charge < -0.3 is 5.11 Å². The maximum atomic E-state index is 10.2. The summed E-state index contributed by atoms with van der Waals surface area (Å²) in [6, 6.07) is 21.8. The standard InChI is InChI=1S/C22H19N3OS/c1-15(17-10-5-6-13-21(17)26)24-25-20(14-27-22(25)23-2)19-12-7-9-16-8-3-4-11-18(16)19/h3-14,26H,1-2H3. The van der Waals surface area contributed by atoms with Crippen LogP contribution in [0.25, 0.3) is 22.0 Å². The van der Waals surface area contributed by atoms with Crippen LogP contribution in [0.2, 0.25) is 0 Å². The van der Waals surface area contributed by atoms with Crippen molar-refractivity contribution >= 4 is 27.8 Å². The quantitative estimate of drug-likeness (QED) is 0.511. The number of benzene rings is 3. The molecule has 0 saturated carbocycles. The summed E-state index contributed by atoms with van der Waals surface area (Å²) in [6.07, 6.45) is 0. The van der Waals surface area contributed by atoms with E-state index in [9.17, 15) is 5.11 Å². The first-order chi connectivity index (χ1) is 13.2. The van der Waals surface area contributed by atoms with E-state index in [1.54, 1.807) is 30.5 Å². The van der Waals surface area contributed by atoms with Gasteiger partial charge in [0.2, 0.25) is 4.80 Å². The summed E-state index contributed by atoms with van der Waals surface area (Å²) in [5.41, 5.74) is 3.52. The normalized spacial score (nSPS) is 12.7. The number of aromatic hydroxyl groups is 1. The van der Waals surface area contributed by atoms with Gasteiger partial charge in [0.15, 0.2) is 0 Å². The van der Waals surface area contributed by atoms with E-state index in [-0.39, 0.29) is 5.75 Å². The fourth-order valence-corrected chi connectivity index (χ4v) is 3.95. The molecule has 0 saturated heterocycles. The molecule has 0 aliphatic rings. The van der Waals surface area contributed by atoms with E-state index in [1.807, 2.05) is 35.9 Å². The Bertz CT molecular complexity index is 1210. The second-order valence-corrected chi connectivity index (χ2v) is 7.00. The van der Waals surface area contributed by atoms with E-state index in [0.29, 0.717) is 5.56 Å². The third-order valence-electron chi connectivity index (χ3n) is 4.49. The average molecular weight is 373 g/mol. The number of phenolic OH excluding ortho intramolecular Hbond substituents is 1. The minimum atomic E-state index is 0.219. The van der Waals surface area contributed by atoms with Crippen molar-refractivity contribution in [2.24, 2.45) is 10.1 Å². The van der Waals surface area contributed by atoms with Gasteiger partial charge in [-0.2, -0.15) is 5.10 Å². The molecule has 1 N–H and O–H groups in total. The van der Waals surface area contributed by atoms with Crippen LogP contribution in [0.3, 0.4) is 0 Å². The first-order valence-corrected chi connectivity index (χ1v) is 9.52. The van der Waals surface area contributed by atoms with Gasteiger partial charge in [-0.25, -0.2) is 4.68 Å². The van der Waals surface area contributed by atoms with Crippen LogP contribution in [0.5, 0.6) is 5.75 Å². The van der Waals surface area contributed by atoms with Crippen LogP contribution in [-0.2, 0) is 0 Å². The molecule has 0 aliphatic carbocycles. The van der Waals surface area contributed by atoms with Crippen molar-refractivity contribution in [3.05, 3.63) is 82.5 Å². The van der Waals surface area contributed by atoms with Gasteiger partial charge >= 0.3 is 0 Å². The van der Waals surface area contributed by atoms with Gasteiger partial charge in [-0.15, -0.1) is 11.3 Å². The number of phenols is 1. The molecule has 5 heteroatoms. The lowest BCUT2D eigenvalue weighted by atomic mass is 10.0. The van der Waals surface area contributed by atoms with E-state index >= 15 is 0 Å². The molecule has 0 aliphatic heterocycles. The van der Waals surface area contributed by atoms with E-state index in [1.165, 1.54) is 10.8 Å². The summed E-state index contributed by atoms with van der Waals surface area (Å²) in [4.78, 5) is 5.18. The van der Waals surface area contributed by atoms with Crippen molar-refractivity contribution < 1.29 is 5.11 Å². The largest absolute Gasteiger partial charge is 0.507 e. The number of fused-ring (bicyclic) bond motifs is 1. The Labute approximate surface area is 161 Å². The van der Waals surface area contributed by atoms with Crippen LogP contribution in [0.15, 0.2) is 82.2 Å². The van der Waals surface area contributed by atoms with Crippen molar-refractivity contribution in [2.75, 3.05) is 7.05 Å². The minimum Gasteiger partial charge on any atom is -0.507 e. The van der Waals surface area contributed by atoms with E-state index in [4.69, 9.17) is 5.10 Å². The van der Waals surface area contributed by atoms with Crippen molar-refractivity contribution in [1.29, 1.82) is 0 Å². The van der Waals surface area contributed by atoms with Gasteiger partial charge in [0, 0.05) is 23.6 Å². The number of para-hydroxylation sites is 1. The monoisotopic (exact) mass is 373 g/mol. The summed E-state index contributed by atoms with van der Waals surface area (Å²) in [5, 5.41) is 19.4. The van der Waals surface area contributed by atoms with Gasteiger partial charge in [0.1, 0.15) is 5.75 Å². The lowest BCUT2D eigenvalue weighted by molar-refractivity contribution is 0.474.